The summed E-state index contributed by atoms with van der Waals surface area (Å²) in [4.78, 5) is 25.1. The van der Waals surface area contributed by atoms with Crippen LogP contribution < -0.4 is 14.5 Å². The van der Waals surface area contributed by atoms with E-state index in [2.05, 4.69) is 19.6 Å². The Labute approximate surface area is 206 Å². The molecule has 1 aliphatic heterocycles. The Kier molecular flexibility index (Phi) is 6.15. The summed E-state index contributed by atoms with van der Waals surface area (Å²) in [5.41, 5.74) is 0.576. The third-order valence-electron chi connectivity index (χ3n) is 5.96. The molecule has 0 bridgehead atoms. The molecule has 5 rings (SSSR count). The molecule has 0 spiro atoms. The molecule has 0 atom stereocenters. The van der Waals surface area contributed by atoms with Crippen molar-refractivity contribution in [1.82, 2.24) is 9.97 Å². The summed E-state index contributed by atoms with van der Waals surface area (Å²) in [6.07, 6.45) is 1.75. The number of rotatable bonds is 6. The van der Waals surface area contributed by atoms with Crippen molar-refractivity contribution >= 4 is 44.2 Å². The zero-order valence-electron chi connectivity index (χ0n) is 19.0. The largest absolute Gasteiger partial charge is 0.478 e. The first-order valence-corrected chi connectivity index (χ1v) is 12.7. The molecule has 184 valence electrons. The Morgan fingerprint density at radius 2 is 1.67 bits per heavy atom. The van der Waals surface area contributed by atoms with Crippen molar-refractivity contribution in [1.29, 1.82) is 0 Å². The fraction of sp³-hybridized carbons (Fsp3) is 0.160. The molecule has 0 aliphatic carbocycles. The van der Waals surface area contributed by atoms with Gasteiger partial charge in [-0.15, -0.1) is 0 Å². The van der Waals surface area contributed by atoms with Crippen molar-refractivity contribution in [3.8, 4) is 0 Å². The Bertz CT molecular complexity index is 1540. The standard InChI is InChI=1S/C25H22FN5O4S/c26-17-4-3-5-19(14-17)36(34,35)29-18-7-8-22-20(15-18)21(25(32)33)16-24(28-22)31-12-10-30(11-13-31)23-6-1-2-9-27-23/h1-9,14-16,29H,10-13H2,(H,32,33). The zero-order chi connectivity index (χ0) is 25.3. The van der Waals surface area contributed by atoms with E-state index in [4.69, 9.17) is 0 Å². The number of nitrogens with zero attached hydrogens (tertiary/aromatic N) is 4. The van der Waals surface area contributed by atoms with Crippen LogP contribution in [0.4, 0.5) is 21.7 Å². The number of hydrogen-bond acceptors (Lipinski definition) is 7. The van der Waals surface area contributed by atoms with E-state index in [1.807, 2.05) is 23.1 Å². The SMILES string of the molecule is O=C(O)c1cc(N2CCN(c3ccccn3)CC2)nc2ccc(NS(=O)(=O)c3cccc(F)c3)cc12. The van der Waals surface area contributed by atoms with Crippen molar-refractivity contribution < 1.29 is 22.7 Å². The van der Waals surface area contributed by atoms with Gasteiger partial charge in [-0.2, -0.15) is 0 Å². The monoisotopic (exact) mass is 507 g/mol. The molecule has 2 aromatic carbocycles. The molecule has 1 saturated heterocycles. The molecule has 3 heterocycles. The Morgan fingerprint density at radius 3 is 2.33 bits per heavy atom. The van der Waals surface area contributed by atoms with Crippen LogP contribution >= 0.6 is 0 Å². The van der Waals surface area contributed by atoms with Crippen molar-refractivity contribution in [3.63, 3.8) is 0 Å². The van der Waals surface area contributed by atoms with Crippen molar-refractivity contribution in [3.05, 3.63) is 84.3 Å². The van der Waals surface area contributed by atoms with E-state index in [0.717, 1.165) is 18.0 Å². The predicted molar refractivity (Wildman–Crippen MR) is 135 cm³/mol. The van der Waals surface area contributed by atoms with E-state index in [9.17, 15) is 22.7 Å². The third kappa shape index (κ3) is 4.78. The molecule has 11 heteroatoms. The van der Waals surface area contributed by atoms with Gasteiger partial charge in [0.25, 0.3) is 10.0 Å². The van der Waals surface area contributed by atoms with Crippen LogP contribution in [0.1, 0.15) is 10.4 Å². The highest BCUT2D eigenvalue weighted by Gasteiger charge is 2.22. The number of aromatic carboxylic acids is 1. The lowest BCUT2D eigenvalue weighted by Gasteiger charge is -2.36. The molecule has 1 fully saturated rings. The molecule has 0 amide bonds. The van der Waals surface area contributed by atoms with Crippen LogP contribution in [-0.2, 0) is 10.0 Å². The summed E-state index contributed by atoms with van der Waals surface area (Å²) in [6, 6.07) is 16.4. The predicted octanol–water partition coefficient (Wildman–Crippen LogP) is 3.59. The highest BCUT2D eigenvalue weighted by Crippen LogP contribution is 2.28. The number of benzene rings is 2. The number of hydrogen-bond donors (Lipinski definition) is 2. The lowest BCUT2D eigenvalue weighted by molar-refractivity contribution is 0.0699. The second-order valence-corrected chi connectivity index (χ2v) is 9.97. The number of sulfonamides is 1. The maximum atomic E-state index is 13.5. The number of aromatic nitrogens is 2. The van der Waals surface area contributed by atoms with Gasteiger partial charge in [0.1, 0.15) is 17.5 Å². The smallest absolute Gasteiger partial charge is 0.336 e. The number of anilines is 3. The summed E-state index contributed by atoms with van der Waals surface area (Å²) in [5.74, 6) is -0.403. The molecule has 9 nitrogen and oxygen atoms in total. The van der Waals surface area contributed by atoms with Gasteiger partial charge in [-0.25, -0.2) is 27.6 Å². The summed E-state index contributed by atoms with van der Waals surface area (Å²) in [7, 11) is -4.07. The van der Waals surface area contributed by atoms with Crippen LogP contribution in [0.15, 0.2) is 77.8 Å². The molecular weight excluding hydrogens is 485 g/mol. The topological polar surface area (TPSA) is 116 Å². The lowest BCUT2D eigenvalue weighted by Crippen LogP contribution is -2.47. The number of nitrogens with one attached hydrogen (secondary N) is 1. The minimum atomic E-state index is -4.07. The van der Waals surface area contributed by atoms with Gasteiger partial charge in [-0.05, 0) is 54.6 Å². The Hall–Kier alpha value is -4.25. The number of pyridine rings is 2. The van der Waals surface area contributed by atoms with E-state index in [1.165, 1.54) is 30.3 Å². The van der Waals surface area contributed by atoms with Gasteiger partial charge in [0.05, 0.1) is 16.0 Å². The van der Waals surface area contributed by atoms with Crippen LogP contribution in [0, 0.1) is 5.82 Å². The minimum absolute atomic E-state index is 0.00830. The van der Waals surface area contributed by atoms with Crippen LogP contribution in [0.3, 0.4) is 0 Å². The average molecular weight is 508 g/mol. The fourth-order valence-corrected chi connectivity index (χ4v) is 5.25. The normalized spacial score (nSPS) is 14.1. The van der Waals surface area contributed by atoms with E-state index >= 15 is 0 Å². The summed E-state index contributed by atoms with van der Waals surface area (Å²) >= 11 is 0. The van der Waals surface area contributed by atoms with Gasteiger partial charge >= 0.3 is 5.97 Å². The van der Waals surface area contributed by atoms with Gasteiger partial charge in [-0.1, -0.05) is 12.1 Å². The average Bonchev–Trinajstić information content (AvgIpc) is 2.88. The number of carboxylic acids is 1. The Morgan fingerprint density at radius 1 is 0.917 bits per heavy atom. The molecule has 0 saturated carbocycles. The van der Waals surface area contributed by atoms with Crippen molar-refractivity contribution in [2.24, 2.45) is 0 Å². The van der Waals surface area contributed by atoms with Crippen LogP contribution in [-0.4, -0.2) is 55.6 Å². The molecular formula is C25H22FN5O4S. The number of halogens is 1. The van der Waals surface area contributed by atoms with E-state index < -0.39 is 21.8 Å². The fourth-order valence-electron chi connectivity index (χ4n) is 4.17. The molecule has 36 heavy (non-hydrogen) atoms. The van der Waals surface area contributed by atoms with E-state index in [-0.39, 0.29) is 21.5 Å². The molecule has 4 aromatic rings. The quantitative estimate of drug-likeness (QED) is 0.407. The van der Waals surface area contributed by atoms with Gasteiger partial charge in [0.2, 0.25) is 0 Å². The third-order valence-corrected chi connectivity index (χ3v) is 7.34. The first kappa shape index (κ1) is 23.5. The van der Waals surface area contributed by atoms with Gasteiger partial charge in [0, 0.05) is 43.4 Å². The highest BCUT2D eigenvalue weighted by molar-refractivity contribution is 7.92. The van der Waals surface area contributed by atoms with Gasteiger partial charge in [-0.3, -0.25) is 4.72 Å². The number of carbonyl (C=O) groups is 1. The maximum Gasteiger partial charge on any atom is 0.336 e. The van der Waals surface area contributed by atoms with E-state index in [1.54, 1.807) is 12.3 Å². The summed E-state index contributed by atoms with van der Waals surface area (Å²) < 4.78 is 41.2. The van der Waals surface area contributed by atoms with Gasteiger partial charge in [0.15, 0.2) is 0 Å². The highest BCUT2D eigenvalue weighted by atomic mass is 32.2. The second kappa shape index (κ2) is 9.42. The molecule has 0 unspecified atom stereocenters. The Balaban J connectivity index is 1.41. The lowest BCUT2D eigenvalue weighted by atomic mass is 10.1. The van der Waals surface area contributed by atoms with Crippen molar-refractivity contribution in [2.45, 2.75) is 4.90 Å². The number of fused-ring (bicyclic) bond motifs is 1. The molecule has 0 radical (unpaired) electrons. The maximum absolute atomic E-state index is 13.5. The second-order valence-electron chi connectivity index (χ2n) is 8.29. The van der Waals surface area contributed by atoms with Crippen molar-refractivity contribution in [2.75, 3.05) is 40.7 Å². The summed E-state index contributed by atoms with van der Waals surface area (Å²) in [5, 5.41) is 10.2. The minimum Gasteiger partial charge on any atom is -0.478 e. The van der Waals surface area contributed by atoms with Crippen LogP contribution in [0.5, 0.6) is 0 Å². The first-order valence-electron chi connectivity index (χ1n) is 11.2. The molecule has 1 aliphatic rings. The van der Waals surface area contributed by atoms with Crippen LogP contribution in [0.25, 0.3) is 10.9 Å². The zero-order valence-corrected chi connectivity index (χ0v) is 19.8. The summed E-state index contributed by atoms with van der Waals surface area (Å²) in [6.45, 7) is 2.69. The van der Waals surface area contributed by atoms with Gasteiger partial charge < -0.3 is 14.9 Å². The number of carboxylic acid groups (broad SMARTS) is 1. The molecule has 2 aromatic heterocycles. The molecule has 2 N–H and O–H groups in total. The first-order chi connectivity index (χ1) is 17.3. The number of piperazine rings is 1. The van der Waals surface area contributed by atoms with E-state index in [0.29, 0.717) is 37.5 Å². The van der Waals surface area contributed by atoms with Crippen LogP contribution in [0.2, 0.25) is 0 Å².